The van der Waals surface area contributed by atoms with Gasteiger partial charge in [0, 0.05) is 27.2 Å². The van der Waals surface area contributed by atoms with Crippen LogP contribution in [-0.2, 0) is 0 Å². The van der Waals surface area contributed by atoms with Crippen LogP contribution in [0.25, 0.3) is 94.1 Å². The van der Waals surface area contributed by atoms with Gasteiger partial charge in [0.1, 0.15) is 11.2 Å². The van der Waals surface area contributed by atoms with Gasteiger partial charge in [0.15, 0.2) is 0 Å². The molecule has 0 radical (unpaired) electrons. The monoisotopic (exact) mass is 614 g/mol. The van der Waals surface area contributed by atoms with E-state index in [-0.39, 0.29) is 0 Å². The highest BCUT2D eigenvalue weighted by Crippen LogP contribution is 2.40. The number of fused-ring (bicyclic) bond motifs is 11. The lowest BCUT2D eigenvalue weighted by molar-refractivity contribution is 0.669. The normalized spacial score (nSPS) is 12.2. The van der Waals surface area contributed by atoms with E-state index in [1.165, 1.54) is 10.8 Å². The minimum atomic E-state index is 0.906. The first-order valence-corrected chi connectivity index (χ1v) is 16.2. The minimum Gasteiger partial charge on any atom is -0.456 e. The van der Waals surface area contributed by atoms with Crippen LogP contribution in [0.4, 0.5) is 0 Å². The van der Waals surface area contributed by atoms with Gasteiger partial charge in [0.25, 0.3) is 0 Å². The fourth-order valence-electron chi connectivity index (χ4n) is 7.78. The second-order valence-electron chi connectivity index (χ2n) is 12.4. The Morgan fingerprint density at radius 3 is 2.04 bits per heavy atom. The Bertz CT molecular complexity index is 3080. The van der Waals surface area contributed by atoms with Crippen molar-refractivity contribution in [1.82, 2.24) is 18.5 Å². The van der Waals surface area contributed by atoms with Gasteiger partial charge < -0.3 is 8.98 Å². The number of rotatable bonds is 3. The van der Waals surface area contributed by atoms with E-state index in [0.717, 1.165) is 83.3 Å². The lowest BCUT2D eigenvalue weighted by Crippen LogP contribution is -1.97. The molecule has 0 saturated carbocycles. The molecule has 0 fully saturated rings. The number of hydrogen-bond donors (Lipinski definition) is 0. The molecule has 0 N–H and O–H groups in total. The van der Waals surface area contributed by atoms with Crippen molar-refractivity contribution in [1.29, 1.82) is 0 Å². The van der Waals surface area contributed by atoms with Crippen molar-refractivity contribution >= 4 is 71.6 Å². The van der Waals surface area contributed by atoms with E-state index in [0.29, 0.717) is 0 Å². The van der Waals surface area contributed by atoms with E-state index in [2.05, 4.69) is 159 Å². The van der Waals surface area contributed by atoms with Gasteiger partial charge in [-0.2, -0.15) is 0 Å². The summed E-state index contributed by atoms with van der Waals surface area (Å²) in [6, 6.07) is 55.9. The molecule has 0 aliphatic carbocycles. The Kier molecular flexibility index (Phi) is 5.05. The molecule has 4 heterocycles. The Morgan fingerprint density at radius 1 is 0.438 bits per heavy atom. The molecule has 0 saturated heterocycles. The van der Waals surface area contributed by atoms with Gasteiger partial charge in [-0.25, -0.2) is 4.98 Å². The molecule has 11 rings (SSSR count). The molecule has 0 atom stereocenters. The van der Waals surface area contributed by atoms with Gasteiger partial charge in [0.2, 0.25) is 5.78 Å². The fourth-order valence-corrected chi connectivity index (χ4v) is 7.78. The number of para-hydroxylation sites is 6. The average molecular weight is 615 g/mol. The molecular formula is C43H26N4O. The molecular weight excluding hydrogens is 589 g/mol. The summed E-state index contributed by atoms with van der Waals surface area (Å²) >= 11 is 0. The number of nitrogens with zero attached hydrogens (tertiary/aromatic N) is 4. The van der Waals surface area contributed by atoms with E-state index < -0.39 is 0 Å². The summed E-state index contributed by atoms with van der Waals surface area (Å²) in [6.45, 7) is 0. The zero-order chi connectivity index (χ0) is 31.3. The van der Waals surface area contributed by atoms with Crippen LogP contribution in [0.15, 0.2) is 162 Å². The molecule has 224 valence electrons. The van der Waals surface area contributed by atoms with Crippen LogP contribution < -0.4 is 0 Å². The van der Waals surface area contributed by atoms with Gasteiger partial charge in [-0.3, -0.25) is 8.97 Å². The molecule has 7 aromatic carbocycles. The van der Waals surface area contributed by atoms with Crippen molar-refractivity contribution < 1.29 is 4.42 Å². The molecule has 11 aromatic rings. The molecule has 0 unspecified atom stereocenters. The lowest BCUT2D eigenvalue weighted by atomic mass is 10.0. The Labute approximate surface area is 274 Å². The van der Waals surface area contributed by atoms with Crippen LogP contribution in [0, 0.1) is 0 Å². The third-order valence-corrected chi connectivity index (χ3v) is 9.84. The summed E-state index contributed by atoms with van der Waals surface area (Å²) in [5.41, 5.74) is 13.0. The number of furan rings is 1. The third kappa shape index (κ3) is 3.42. The summed E-state index contributed by atoms with van der Waals surface area (Å²) < 4.78 is 13.1. The molecule has 0 aliphatic rings. The molecule has 0 aliphatic heterocycles. The SMILES string of the molecule is c1cc(-c2ccc3oc4ccccc4c3c2)cc(-n2c3ccccc3c3c(-n4c5ccccc5n5c6ccccc6nc45)cccc32)c1. The maximum atomic E-state index is 6.12. The standard InChI is InChI=1S/C43H26N4O/c1-4-16-34-31(14-1)42-38(20-10-21-39(42)47-37-19-7-6-18-36(37)46-35-17-5-3-15-33(35)44-43(46)47)45(34)29-12-9-11-27(25-29)28-23-24-41-32(26-28)30-13-2-8-22-40(30)48-41/h1-26H. The maximum Gasteiger partial charge on any atom is 0.220 e. The van der Waals surface area contributed by atoms with Crippen LogP contribution >= 0.6 is 0 Å². The van der Waals surface area contributed by atoms with Crippen molar-refractivity contribution in [3.8, 4) is 22.5 Å². The minimum absolute atomic E-state index is 0.906. The number of imidazole rings is 2. The maximum absolute atomic E-state index is 6.12. The topological polar surface area (TPSA) is 40.3 Å². The Balaban J connectivity index is 1.17. The van der Waals surface area contributed by atoms with Gasteiger partial charge in [-0.15, -0.1) is 0 Å². The van der Waals surface area contributed by atoms with Gasteiger partial charge in [-0.05, 0) is 83.9 Å². The summed E-state index contributed by atoms with van der Waals surface area (Å²) in [7, 11) is 0. The first-order chi connectivity index (χ1) is 23.8. The first-order valence-electron chi connectivity index (χ1n) is 16.2. The summed E-state index contributed by atoms with van der Waals surface area (Å²) in [4.78, 5) is 5.17. The van der Waals surface area contributed by atoms with E-state index in [9.17, 15) is 0 Å². The van der Waals surface area contributed by atoms with E-state index in [1.807, 2.05) is 12.1 Å². The molecule has 5 nitrogen and oxygen atoms in total. The van der Waals surface area contributed by atoms with Gasteiger partial charge >= 0.3 is 0 Å². The molecule has 0 spiro atoms. The van der Waals surface area contributed by atoms with Crippen LogP contribution in [0.1, 0.15) is 0 Å². The van der Waals surface area contributed by atoms with Crippen molar-refractivity contribution in [2.24, 2.45) is 0 Å². The zero-order valence-corrected chi connectivity index (χ0v) is 25.7. The van der Waals surface area contributed by atoms with E-state index >= 15 is 0 Å². The first kappa shape index (κ1) is 25.6. The van der Waals surface area contributed by atoms with Crippen LogP contribution in [0.2, 0.25) is 0 Å². The lowest BCUT2D eigenvalue weighted by Gasteiger charge is -2.11. The van der Waals surface area contributed by atoms with Crippen LogP contribution in [0.5, 0.6) is 0 Å². The molecule has 48 heavy (non-hydrogen) atoms. The highest BCUT2D eigenvalue weighted by Gasteiger charge is 2.21. The molecule has 5 heteroatoms. The van der Waals surface area contributed by atoms with E-state index in [1.54, 1.807) is 0 Å². The number of benzene rings is 7. The second-order valence-corrected chi connectivity index (χ2v) is 12.4. The summed E-state index contributed by atoms with van der Waals surface area (Å²) in [5, 5.41) is 4.66. The van der Waals surface area contributed by atoms with Gasteiger partial charge in [-0.1, -0.05) is 84.9 Å². The third-order valence-electron chi connectivity index (χ3n) is 9.84. The smallest absolute Gasteiger partial charge is 0.220 e. The predicted octanol–water partition coefficient (Wildman–Crippen LogP) is 11.1. The van der Waals surface area contributed by atoms with Crippen molar-refractivity contribution in [3.05, 3.63) is 158 Å². The predicted molar refractivity (Wildman–Crippen MR) is 197 cm³/mol. The van der Waals surface area contributed by atoms with Crippen molar-refractivity contribution in [3.63, 3.8) is 0 Å². The van der Waals surface area contributed by atoms with Crippen LogP contribution in [-0.4, -0.2) is 18.5 Å². The highest BCUT2D eigenvalue weighted by molar-refractivity contribution is 6.14. The summed E-state index contributed by atoms with van der Waals surface area (Å²) in [6.07, 6.45) is 0. The fraction of sp³-hybridized carbons (Fsp3) is 0. The van der Waals surface area contributed by atoms with Crippen LogP contribution in [0.3, 0.4) is 0 Å². The second kappa shape index (κ2) is 9.47. The molecule has 4 aromatic heterocycles. The highest BCUT2D eigenvalue weighted by atomic mass is 16.3. The van der Waals surface area contributed by atoms with Gasteiger partial charge in [0.05, 0.1) is 38.8 Å². The number of hydrogen-bond acceptors (Lipinski definition) is 2. The number of aromatic nitrogens is 4. The average Bonchev–Trinajstić information content (AvgIpc) is 3.88. The Morgan fingerprint density at radius 2 is 1.12 bits per heavy atom. The quantitative estimate of drug-likeness (QED) is 0.199. The van der Waals surface area contributed by atoms with Crippen molar-refractivity contribution in [2.75, 3.05) is 0 Å². The largest absolute Gasteiger partial charge is 0.456 e. The summed E-state index contributed by atoms with van der Waals surface area (Å²) in [5.74, 6) is 0.908. The zero-order valence-electron chi connectivity index (χ0n) is 25.7. The molecule has 0 amide bonds. The van der Waals surface area contributed by atoms with Crippen molar-refractivity contribution in [2.45, 2.75) is 0 Å². The van der Waals surface area contributed by atoms with E-state index in [4.69, 9.17) is 9.40 Å². The molecule has 0 bridgehead atoms. The Hall–Kier alpha value is -6.59.